The number of hydrogen-bond acceptors (Lipinski definition) is 15. The second-order valence-electron chi connectivity index (χ2n) is 25.6. The lowest BCUT2D eigenvalue weighted by molar-refractivity contribution is -0.161. The maximum atomic E-state index is 13.1. The van der Waals surface area contributed by atoms with Gasteiger partial charge in [0, 0.05) is 25.7 Å². The number of carbonyl (C=O) groups excluding carboxylic acids is 4. The van der Waals surface area contributed by atoms with Crippen LogP contribution in [-0.4, -0.2) is 96.7 Å². The summed E-state index contributed by atoms with van der Waals surface area (Å²) >= 11 is 0. The first-order valence-electron chi connectivity index (χ1n) is 38.5. The topological polar surface area (TPSA) is 237 Å². The van der Waals surface area contributed by atoms with E-state index in [2.05, 4.69) is 113 Å². The van der Waals surface area contributed by atoms with Gasteiger partial charge in [0.2, 0.25) is 0 Å². The Morgan fingerprint density at radius 3 is 0.898 bits per heavy atom. The van der Waals surface area contributed by atoms with Gasteiger partial charge < -0.3 is 33.8 Å². The first-order chi connectivity index (χ1) is 47.7. The summed E-state index contributed by atoms with van der Waals surface area (Å²) in [4.78, 5) is 72.8. The number of allylic oxidation sites excluding steroid dienone is 16. The molecule has 0 aliphatic carbocycles. The highest BCUT2D eigenvalue weighted by atomic mass is 31.2. The molecule has 0 bridgehead atoms. The number of ether oxygens (including phenoxy) is 4. The predicted octanol–water partition coefficient (Wildman–Crippen LogP) is 22.0. The molecule has 0 heterocycles. The fourth-order valence-electron chi connectivity index (χ4n) is 10.1. The third-order valence-corrected chi connectivity index (χ3v) is 17.9. The van der Waals surface area contributed by atoms with Crippen molar-refractivity contribution in [3.63, 3.8) is 0 Å². The Morgan fingerprint density at radius 1 is 0.296 bits per heavy atom. The summed E-state index contributed by atoms with van der Waals surface area (Å²) in [5.41, 5.74) is 0. The SMILES string of the molecule is CCCCC/C=C\C/C=C\C/C=C\C/C=C\CCCC(=O)O[C@H](COC(=O)CCCCCCC/C=C\CCCCCC)COP(=O)(O)OC[C@@H](O)COP(=O)(O)OC[C@@H](COC(=O)CCCCCCC/C=C\CCCCCC)OC(=O)CCCCCCC/C=C\C=C/CCCCCC. The van der Waals surface area contributed by atoms with Gasteiger partial charge in [0.25, 0.3) is 0 Å². The molecule has 0 radical (unpaired) electrons. The second kappa shape index (κ2) is 71.4. The van der Waals surface area contributed by atoms with Gasteiger partial charge in [0.15, 0.2) is 12.2 Å². The van der Waals surface area contributed by atoms with Crippen LogP contribution in [-0.2, 0) is 65.4 Å². The average Bonchev–Trinajstić information content (AvgIpc) is 1.05. The van der Waals surface area contributed by atoms with Crippen molar-refractivity contribution in [2.45, 2.75) is 341 Å². The van der Waals surface area contributed by atoms with E-state index in [1.165, 1.54) is 96.3 Å². The van der Waals surface area contributed by atoms with Crippen molar-refractivity contribution < 1.29 is 80.2 Å². The molecule has 0 fully saturated rings. The van der Waals surface area contributed by atoms with Crippen molar-refractivity contribution in [3.8, 4) is 0 Å². The number of aliphatic hydroxyl groups is 1. The highest BCUT2D eigenvalue weighted by Crippen LogP contribution is 2.45. The summed E-state index contributed by atoms with van der Waals surface area (Å²) in [7, 11) is -9.97. The van der Waals surface area contributed by atoms with Crippen LogP contribution in [0, 0.1) is 0 Å². The molecular formula is C79H138O17P2. The first-order valence-corrected chi connectivity index (χ1v) is 41.5. The van der Waals surface area contributed by atoms with Gasteiger partial charge >= 0.3 is 39.5 Å². The van der Waals surface area contributed by atoms with Gasteiger partial charge in [-0.1, -0.05) is 253 Å². The molecule has 0 rings (SSSR count). The van der Waals surface area contributed by atoms with Crippen molar-refractivity contribution in [1.82, 2.24) is 0 Å². The van der Waals surface area contributed by atoms with Crippen LogP contribution in [0.4, 0.5) is 0 Å². The molecule has 98 heavy (non-hydrogen) atoms. The van der Waals surface area contributed by atoms with Gasteiger partial charge in [-0.2, -0.15) is 0 Å². The summed E-state index contributed by atoms with van der Waals surface area (Å²) in [5, 5.41) is 10.6. The van der Waals surface area contributed by atoms with Crippen LogP contribution < -0.4 is 0 Å². The lowest BCUT2D eigenvalue weighted by Gasteiger charge is -2.21. The molecule has 0 spiro atoms. The maximum absolute atomic E-state index is 13.1. The van der Waals surface area contributed by atoms with Crippen LogP contribution in [0.3, 0.4) is 0 Å². The Labute approximate surface area is 595 Å². The maximum Gasteiger partial charge on any atom is 0.472 e. The molecular weight excluding hydrogens is 1280 g/mol. The van der Waals surface area contributed by atoms with E-state index in [1.54, 1.807) is 0 Å². The van der Waals surface area contributed by atoms with E-state index < -0.39 is 97.5 Å². The van der Waals surface area contributed by atoms with Crippen molar-refractivity contribution in [3.05, 3.63) is 97.2 Å². The molecule has 0 aromatic heterocycles. The van der Waals surface area contributed by atoms with E-state index in [9.17, 15) is 43.2 Å². The molecule has 3 N–H and O–H groups in total. The molecule has 0 saturated heterocycles. The molecule has 0 saturated carbocycles. The number of phosphoric ester groups is 2. The molecule has 566 valence electrons. The Bertz CT molecular complexity index is 2240. The number of carbonyl (C=O) groups is 4. The largest absolute Gasteiger partial charge is 0.472 e. The lowest BCUT2D eigenvalue weighted by atomic mass is 10.1. The molecule has 0 aliphatic rings. The fraction of sp³-hybridized carbons (Fsp3) is 0.747. The zero-order valence-electron chi connectivity index (χ0n) is 61.7. The lowest BCUT2D eigenvalue weighted by Crippen LogP contribution is -2.30. The van der Waals surface area contributed by atoms with Gasteiger partial charge in [-0.15, -0.1) is 0 Å². The van der Waals surface area contributed by atoms with Gasteiger partial charge in [0.05, 0.1) is 26.4 Å². The molecule has 0 aliphatic heterocycles. The number of esters is 4. The zero-order chi connectivity index (χ0) is 71.8. The third-order valence-electron chi connectivity index (χ3n) is 16.0. The minimum absolute atomic E-state index is 0.0174. The van der Waals surface area contributed by atoms with Gasteiger partial charge in [0.1, 0.15) is 19.3 Å². The number of phosphoric acid groups is 2. The molecule has 0 aromatic rings. The quantitative estimate of drug-likeness (QED) is 0.0128. The van der Waals surface area contributed by atoms with Crippen molar-refractivity contribution in [2.24, 2.45) is 0 Å². The number of aliphatic hydroxyl groups excluding tert-OH is 1. The number of rotatable bonds is 72. The highest BCUT2D eigenvalue weighted by molar-refractivity contribution is 7.47. The fourth-order valence-corrected chi connectivity index (χ4v) is 11.7. The molecule has 19 heteroatoms. The van der Waals surface area contributed by atoms with Crippen LogP contribution in [0.5, 0.6) is 0 Å². The Kier molecular flexibility index (Phi) is 68.4. The average molecular weight is 1420 g/mol. The molecule has 5 atom stereocenters. The van der Waals surface area contributed by atoms with Crippen LogP contribution >= 0.6 is 15.6 Å². The summed E-state index contributed by atoms with van der Waals surface area (Å²) in [6.07, 6.45) is 74.0. The van der Waals surface area contributed by atoms with Crippen LogP contribution in [0.15, 0.2) is 97.2 Å². The van der Waals surface area contributed by atoms with E-state index in [1.807, 2.05) is 12.2 Å². The summed E-state index contributed by atoms with van der Waals surface area (Å²) in [6, 6.07) is 0. The monoisotopic (exact) mass is 1420 g/mol. The number of unbranched alkanes of at least 4 members (excludes halogenated alkanes) is 31. The Balaban J connectivity index is 5.42. The van der Waals surface area contributed by atoms with Gasteiger partial charge in [-0.25, -0.2) is 9.13 Å². The van der Waals surface area contributed by atoms with Crippen LogP contribution in [0.2, 0.25) is 0 Å². The summed E-state index contributed by atoms with van der Waals surface area (Å²) < 4.78 is 68.4. The summed E-state index contributed by atoms with van der Waals surface area (Å²) in [5.74, 6) is -2.27. The molecule has 0 aromatic carbocycles. The van der Waals surface area contributed by atoms with Gasteiger partial charge in [-0.3, -0.25) is 37.3 Å². The van der Waals surface area contributed by atoms with E-state index in [4.69, 9.17) is 37.0 Å². The number of hydrogen-bond donors (Lipinski definition) is 3. The van der Waals surface area contributed by atoms with Gasteiger partial charge in [-0.05, 0) is 141 Å². The van der Waals surface area contributed by atoms with Crippen molar-refractivity contribution in [1.29, 1.82) is 0 Å². The summed E-state index contributed by atoms with van der Waals surface area (Å²) in [6.45, 7) is 4.71. The van der Waals surface area contributed by atoms with E-state index in [-0.39, 0.29) is 25.7 Å². The molecule has 17 nitrogen and oxygen atoms in total. The minimum atomic E-state index is -4.99. The van der Waals surface area contributed by atoms with Crippen molar-refractivity contribution in [2.75, 3.05) is 39.6 Å². The van der Waals surface area contributed by atoms with E-state index in [0.717, 1.165) is 141 Å². The zero-order valence-corrected chi connectivity index (χ0v) is 63.5. The van der Waals surface area contributed by atoms with Crippen LogP contribution in [0.1, 0.15) is 323 Å². The van der Waals surface area contributed by atoms with E-state index >= 15 is 0 Å². The van der Waals surface area contributed by atoms with E-state index in [0.29, 0.717) is 32.1 Å². The minimum Gasteiger partial charge on any atom is -0.462 e. The molecule has 0 amide bonds. The Morgan fingerprint density at radius 2 is 0.541 bits per heavy atom. The smallest absolute Gasteiger partial charge is 0.462 e. The third kappa shape index (κ3) is 70.4. The predicted molar refractivity (Wildman–Crippen MR) is 399 cm³/mol. The highest BCUT2D eigenvalue weighted by Gasteiger charge is 2.30. The molecule has 2 unspecified atom stereocenters. The van der Waals surface area contributed by atoms with Crippen molar-refractivity contribution >= 4 is 39.5 Å². The normalized spacial score (nSPS) is 14.5. The van der Waals surface area contributed by atoms with Crippen LogP contribution in [0.25, 0.3) is 0 Å². The Hall–Kier alpha value is -4.02. The standard InChI is InChI=1S/C79H138O17P2/c1-5-9-13-17-21-25-29-33-35-36-38-42-46-50-54-58-62-66-79(84)96-75(70-90-77(82)64-60-56-52-48-44-40-32-28-24-20-16-12-8-4)72-94-98(87,88)92-68-73(80)67-91-97(85,86)93-71-74(69-89-76(81)63-59-55-51-47-43-39-31-27-23-19-15-11-7-3)95-78(83)65-61-57-53-49-45-41-37-34-30-26-22-18-14-10-6-2/h21,25-28,30-35,37-38,42,50,54,73-75,80H,5-20,22-24,29,36,39-41,43-49,51-53,55-72H2,1-4H3,(H,85,86)(H,87,88)/b25-21-,30-26-,31-27-,32-28-,35-33-,37-34-,42-38-,54-50-/t73-,74+,75+/m0/s1. The first kappa shape index (κ1) is 94.0. The second-order valence-corrected chi connectivity index (χ2v) is 28.5.